The van der Waals surface area contributed by atoms with Gasteiger partial charge in [-0.25, -0.2) is 15.0 Å². The molecule has 1 spiro atoms. The highest BCUT2D eigenvalue weighted by Crippen LogP contribution is 2.63. The van der Waals surface area contributed by atoms with Crippen molar-refractivity contribution in [2.24, 2.45) is 0 Å². The van der Waals surface area contributed by atoms with Gasteiger partial charge in [-0.1, -0.05) is 121 Å². The third kappa shape index (κ3) is 4.10. The average Bonchev–Trinajstić information content (AvgIpc) is 3.66. The van der Waals surface area contributed by atoms with Crippen molar-refractivity contribution in [3.05, 3.63) is 185 Å². The van der Waals surface area contributed by atoms with Gasteiger partial charge < -0.3 is 0 Å². The quantitative estimate of drug-likeness (QED) is 0.190. The normalized spacial score (nSPS) is 14.7. The van der Waals surface area contributed by atoms with Crippen LogP contribution in [0.1, 0.15) is 33.4 Å². The molecule has 1 unspecified atom stereocenters. The largest absolute Gasteiger partial charge is 0.208 e. The van der Waals surface area contributed by atoms with Crippen LogP contribution in [0.5, 0.6) is 0 Å². The third-order valence-corrected chi connectivity index (χ3v) is 10.4. The zero-order valence-electron chi connectivity index (χ0n) is 27.2. The summed E-state index contributed by atoms with van der Waals surface area (Å²) in [7, 11) is 0. The van der Waals surface area contributed by atoms with E-state index in [4.69, 9.17) is 15.0 Å². The number of nitrogens with zero attached hydrogens (tertiary/aromatic N) is 5. The Balaban J connectivity index is 1.24. The number of benzene rings is 7. The molecule has 51 heavy (non-hydrogen) atoms. The molecule has 0 saturated carbocycles. The van der Waals surface area contributed by atoms with E-state index < -0.39 is 5.41 Å². The molecule has 2 aliphatic carbocycles. The first-order valence-corrected chi connectivity index (χ1v) is 16.8. The molecule has 5 heteroatoms. The average molecular weight is 648 g/mol. The van der Waals surface area contributed by atoms with Crippen LogP contribution in [0.15, 0.2) is 152 Å². The molecule has 7 aromatic carbocycles. The molecule has 0 N–H and O–H groups in total. The molecule has 0 saturated heterocycles. The summed E-state index contributed by atoms with van der Waals surface area (Å²) in [5.74, 6) is 1.82. The fourth-order valence-electron chi connectivity index (χ4n) is 8.23. The number of fused-ring (bicyclic) bond motifs is 11. The van der Waals surface area contributed by atoms with E-state index in [1.54, 1.807) is 6.07 Å². The van der Waals surface area contributed by atoms with Crippen molar-refractivity contribution in [2.45, 2.75) is 5.41 Å². The summed E-state index contributed by atoms with van der Waals surface area (Å²) in [6, 6.07) is 56.3. The van der Waals surface area contributed by atoms with Gasteiger partial charge in [-0.05, 0) is 80.0 Å². The maximum atomic E-state index is 10.4. The van der Waals surface area contributed by atoms with Gasteiger partial charge in [0.15, 0.2) is 17.5 Å². The molecule has 0 radical (unpaired) electrons. The van der Waals surface area contributed by atoms with Crippen molar-refractivity contribution in [1.82, 2.24) is 15.0 Å². The van der Waals surface area contributed by atoms with Gasteiger partial charge in [0.2, 0.25) is 0 Å². The zero-order valence-corrected chi connectivity index (χ0v) is 27.2. The predicted molar refractivity (Wildman–Crippen MR) is 199 cm³/mol. The first kappa shape index (κ1) is 28.8. The summed E-state index contributed by atoms with van der Waals surface area (Å²) >= 11 is 0. The van der Waals surface area contributed by atoms with Crippen molar-refractivity contribution in [2.75, 3.05) is 0 Å². The van der Waals surface area contributed by atoms with E-state index in [1.807, 2.05) is 72.8 Å². The van der Waals surface area contributed by atoms with Gasteiger partial charge in [-0.2, -0.15) is 10.5 Å². The maximum Gasteiger partial charge on any atom is 0.164 e. The van der Waals surface area contributed by atoms with Gasteiger partial charge >= 0.3 is 0 Å². The van der Waals surface area contributed by atoms with E-state index >= 15 is 0 Å². The third-order valence-electron chi connectivity index (χ3n) is 10.4. The van der Waals surface area contributed by atoms with Crippen LogP contribution in [-0.4, -0.2) is 15.0 Å². The number of nitriles is 2. The maximum absolute atomic E-state index is 10.4. The Kier molecular flexibility index (Phi) is 6.15. The molecule has 0 amide bonds. The van der Waals surface area contributed by atoms with Gasteiger partial charge in [-0.15, -0.1) is 0 Å². The molecule has 0 fully saturated rings. The molecule has 234 valence electrons. The SMILES string of the molecule is N#Cc1cc(C#N)c2c(c1)C1(c3ccccc3-c3cc4ccc(-c5nc(-c6ccccc6)nc(-c6ccccc6)n5)cc4cc31)c1ccccc1-2. The molecular weight excluding hydrogens is 623 g/mol. The predicted octanol–water partition coefficient (Wildman–Crippen LogP) is 10.1. The fraction of sp³-hybridized carbons (Fsp3) is 0.0217. The highest BCUT2D eigenvalue weighted by atomic mass is 15.0. The van der Waals surface area contributed by atoms with E-state index in [0.29, 0.717) is 28.6 Å². The van der Waals surface area contributed by atoms with Gasteiger partial charge in [-0.3, -0.25) is 0 Å². The molecular formula is C46H25N5. The summed E-state index contributed by atoms with van der Waals surface area (Å²) in [5.41, 5.74) is 11.6. The number of hydrogen-bond acceptors (Lipinski definition) is 5. The molecule has 0 aliphatic heterocycles. The van der Waals surface area contributed by atoms with Crippen LogP contribution < -0.4 is 0 Å². The van der Waals surface area contributed by atoms with Crippen molar-refractivity contribution >= 4 is 10.8 Å². The lowest BCUT2D eigenvalue weighted by Crippen LogP contribution is -2.26. The molecule has 5 nitrogen and oxygen atoms in total. The van der Waals surface area contributed by atoms with E-state index in [0.717, 1.165) is 72.0 Å². The highest BCUT2D eigenvalue weighted by molar-refractivity contribution is 6.01. The van der Waals surface area contributed by atoms with E-state index in [2.05, 4.69) is 84.9 Å². The Morgan fingerprint density at radius 3 is 1.65 bits per heavy atom. The summed E-state index contributed by atoms with van der Waals surface area (Å²) in [4.78, 5) is 14.9. The van der Waals surface area contributed by atoms with Crippen LogP contribution >= 0.6 is 0 Å². The second-order valence-corrected chi connectivity index (χ2v) is 13.0. The lowest BCUT2D eigenvalue weighted by Gasteiger charge is -2.30. The molecule has 1 atom stereocenters. The Labute approximate surface area is 294 Å². The lowest BCUT2D eigenvalue weighted by molar-refractivity contribution is 0.794. The minimum Gasteiger partial charge on any atom is -0.208 e. The Morgan fingerprint density at radius 1 is 0.412 bits per heavy atom. The first-order chi connectivity index (χ1) is 25.2. The number of hydrogen-bond donors (Lipinski definition) is 0. The van der Waals surface area contributed by atoms with Crippen LogP contribution in [0.4, 0.5) is 0 Å². The number of rotatable bonds is 3. The molecule has 1 aromatic heterocycles. The lowest BCUT2D eigenvalue weighted by atomic mass is 9.70. The van der Waals surface area contributed by atoms with Crippen molar-refractivity contribution in [1.29, 1.82) is 10.5 Å². The van der Waals surface area contributed by atoms with E-state index in [-0.39, 0.29) is 0 Å². The van der Waals surface area contributed by atoms with Crippen LogP contribution in [0.2, 0.25) is 0 Å². The van der Waals surface area contributed by atoms with Gasteiger partial charge in [0.1, 0.15) is 0 Å². The number of aromatic nitrogens is 3. The van der Waals surface area contributed by atoms with E-state index in [1.165, 1.54) is 0 Å². The Hall–Kier alpha value is -7.21. The summed E-state index contributed by atoms with van der Waals surface area (Å²) < 4.78 is 0. The molecule has 1 heterocycles. The summed E-state index contributed by atoms with van der Waals surface area (Å²) in [5, 5.41) is 22.6. The molecule has 10 rings (SSSR count). The van der Waals surface area contributed by atoms with Crippen molar-refractivity contribution in [3.8, 4) is 68.6 Å². The van der Waals surface area contributed by atoms with Crippen LogP contribution in [0, 0.1) is 22.7 Å². The molecule has 2 aliphatic rings. The topological polar surface area (TPSA) is 86.2 Å². The summed E-state index contributed by atoms with van der Waals surface area (Å²) in [6.45, 7) is 0. The molecule has 0 bridgehead atoms. The fourth-order valence-corrected chi connectivity index (χ4v) is 8.23. The van der Waals surface area contributed by atoms with Crippen LogP contribution in [0.3, 0.4) is 0 Å². The van der Waals surface area contributed by atoms with Gasteiger partial charge in [0.05, 0.1) is 28.7 Å². The van der Waals surface area contributed by atoms with Gasteiger partial charge in [0, 0.05) is 22.3 Å². The van der Waals surface area contributed by atoms with Crippen LogP contribution in [0.25, 0.3) is 67.2 Å². The Bertz CT molecular complexity index is 2770. The standard InChI is InChI=1S/C46H25N5/c47-26-28-21-34(27-48)42-36-16-8-10-18-39(36)46(41(42)22-28)38-17-9-7-15-35(38)37-24-31-19-20-32(23-33(31)25-40(37)46)45-50-43(29-11-3-1-4-12-29)49-44(51-45)30-13-5-2-6-14-30/h1-25H. The second kappa shape index (κ2) is 10.9. The smallest absolute Gasteiger partial charge is 0.164 e. The minimum absolute atomic E-state index is 0.477. The minimum atomic E-state index is -0.700. The van der Waals surface area contributed by atoms with Gasteiger partial charge in [0.25, 0.3) is 0 Å². The Morgan fingerprint density at radius 2 is 1.00 bits per heavy atom. The van der Waals surface area contributed by atoms with Crippen molar-refractivity contribution < 1.29 is 0 Å². The summed E-state index contributed by atoms with van der Waals surface area (Å²) in [6.07, 6.45) is 0. The first-order valence-electron chi connectivity index (χ1n) is 16.8. The molecule has 8 aromatic rings. The van der Waals surface area contributed by atoms with Crippen LogP contribution in [-0.2, 0) is 5.41 Å². The zero-order chi connectivity index (χ0) is 34.1. The monoisotopic (exact) mass is 647 g/mol. The van der Waals surface area contributed by atoms with Crippen molar-refractivity contribution in [3.63, 3.8) is 0 Å². The highest BCUT2D eigenvalue weighted by Gasteiger charge is 2.52. The van der Waals surface area contributed by atoms with E-state index in [9.17, 15) is 10.5 Å². The second-order valence-electron chi connectivity index (χ2n) is 13.0.